The van der Waals surface area contributed by atoms with Crippen molar-refractivity contribution in [1.82, 2.24) is 9.88 Å². The summed E-state index contributed by atoms with van der Waals surface area (Å²) in [7, 11) is 1.60. The van der Waals surface area contributed by atoms with Gasteiger partial charge in [0.05, 0.1) is 7.11 Å². The smallest absolute Gasteiger partial charge is 0.267 e. The lowest BCUT2D eigenvalue weighted by atomic mass is 10.2. The van der Waals surface area contributed by atoms with Gasteiger partial charge in [-0.15, -0.1) is 0 Å². The van der Waals surface area contributed by atoms with Crippen LogP contribution in [0.2, 0.25) is 0 Å². The standard InChI is InChI=1S/C21H21N3O3/c1-27-18-9-7-15(8-10-18)14-23-20(25)19-6-3-11-24(21(19)26)17-5-2-4-16(12-17)13-22/h2-12H,13-14,22H2,1H3,(H,23,25). The molecule has 0 unspecified atom stereocenters. The average molecular weight is 363 g/mol. The van der Waals surface area contributed by atoms with Gasteiger partial charge >= 0.3 is 0 Å². The van der Waals surface area contributed by atoms with E-state index in [1.165, 1.54) is 10.6 Å². The quantitative estimate of drug-likeness (QED) is 0.703. The Balaban J connectivity index is 1.79. The molecule has 138 valence electrons. The molecule has 3 rings (SSSR count). The highest BCUT2D eigenvalue weighted by atomic mass is 16.5. The summed E-state index contributed by atoms with van der Waals surface area (Å²) in [6, 6.07) is 17.9. The van der Waals surface area contributed by atoms with Gasteiger partial charge in [0, 0.05) is 25.0 Å². The second-order valence-electron chi connectivity index (χ2n) is 6.00. The molecule has 0 aliphatic carbocycles. The Morgan fingerprint density at radius 2 is 1.85 bits per heavy atom. The highest BCUT2D eigenvalue weighted by Crippen LogP contribution is 2.11. The number of ether oxygens (including phenoxy) is 1. The molecule has 6 nitrogen and oxygen atoms in total. The molecule has 3 N–H and O–H groups in total. The van der Waals surface area contributed by atoms with Gasteiger partial charge in [-0.2, -0.15) is 0 Å². The van der Waals surface area contributed by atoms with Gasteiger partial charge in [0.1, 0.15) is 11.3 Å². The molecule has 6 heteroatoms. The number of nitrogens with two attached hydrogens (primary N) is 1. The van der Waals surface area contributed by atoms with Crippen molar-refractivity contribution in [3.8, 4) is 11.4 Å². The first-order valence-electron chi connectivity index (χ1n) is 8.54. The first kappa shape index (κ1) is 18.4. The van der Waals surface area contributed by atoms with Crippen molar-refractivity contribution in [1.29, 1.82) is 0 Å². The number of carbonyl (C=O) groups excluding carboxylic acids is 1. The molecule has 0 saturated heterocycles. The number of hydrogen-bond acceptors (Lipinski definition) is 4. The largest absolute Gasteiger partial charge is 0.497 e. The molecule has 0 aliphatic rings. The van der Waals surface area contributed by atoms with E-state index in [-0.39, 0.29) is 11.1 Å². The molecule has 0 bridgehead atoms. The monoisotopic (exact) mass is 363 g/mol. The molecule has 1 heterocycles. The van der Waals surface area contributed by atoms with E-state index in [0.717, 1.165) is 16.9 Å². The lowest BCUT2D eigenvalue weighted by Gasteiger charge is -2.10. The van der Waals surface area contributed by atoms with Crippen molar-refractivity contribution in [2.45, 2.75) is 13.1 Å². The van der Waals surface area contributed by atoms with E-state index in [1.807, 2.05) is 42.5 Å². The van der Waals surface area contributed by atoms with Crippen molar-refractivity contribution in [3.05, 3.63) is 93.9 Å². The molecule has 2 aromatic carbocycles. The Morgan fingerprint density at radius 1 is 1.07 bits per heavy atom. The lowest BCUT2D eigenvalue weighted by Crippen LogP contribution is -2.32. The first-order chi connectivity index (χ1) is 13.1. The number of methoxy groups -OCH3 is 1. The van der Waals surface area contributed by atoms with Crippen LogP contribution < -0.4 is 21.3 Å². The van der Waals surface area contributed by atoms with Crippen molar-refractivity contribution in [2.24, 2.45) is 5.73 Å². The zero-order chi connectivity index (χ0) is 19.2. The minimum absolute atomic E-state index is 0.0872. The number of amides is 1. The molecule has 0 atom stereocenters. The second kappa shape index (κ2) is 8.33. The lowest BCUT2D eigenvalue weighted by molar-refractivity contribution is 0.0949. The Bertz CT molecular complexity index is 994. The Kier molecular flexibility index (Phi) is 5.68. The van der Waals surface area contributed by atoms with Crippen LogP contribution >= 0.6 is 0 Å². The number of nitrogens with zero attached hydrogens (tertiary/aromatic N) is 1. The van der Waals surface area contributed by atoms with Gasteiger partial charge in [-0.25, -0.2) is 0 Å². The summed E-state index contributed by atoms with van der Waals surface area (Å²) in [6.45, 7) is 0.699. The fourth-order valence-corrected chi connectivity index (χ4v) is 2.72. The second-order valence-corrected chi connectivity index (χ2v) is 6.00. The summed E-state index contributed by atoms with van der Waals surface area (Å²) in [5, 5.41) is 2.78. The summed E-state index contributed by atoms with van der Waals surface area (Å²) in [5.74, 6) is 0.330. The molecule has 1 amide bonds. The van der Waals surface area contributed by atoms with E-state index in [1.54, 1.807) is 25.4 Å². The highest BCUT2D eigenvalue weighted by molar-refractivity contribution is 5.93. The normalized spacial score (nSPS) is 10.4. The minimum Gasteiger partial charge on any atom is -0.497 e. The fraction of sp³-hybridized carbons (Fsp3) is 0.143. The molecular formula is C21H21N3O3. The summed E-state index contributed by atoms with van der Waals surface area (Å²) in [5.41, 5.74) is 7.88. The maximum Gasteiger partial charge on any atom is 0.267 e. The molecule has 27 heavy (non-hydrogen) atoms. The zero-order valence-electron chi connectivity index (χ0n) is 15.0. The van der Waals surface area contributed by atoms with Gasteiger partial charge < -0.3 is 15.8 Å². The molecule has 0 radical (unpaired) electrons. The summed E-state index contributed by atoms with van der Waals surface area (Å²) < 4.78 is 6.56. The van der Waals surface area contributed by atoms with E-state index in [2.05, 4.69) is 5.32 Å². The maximum absolute atomic E-state index is 12.8. The van der Waals surface area contributed by atoms with Crippen LogP contribution in [0.4, 0.5) is 0 Å². The summed E-state index contributed by atoms with van der Waals surface area (Å²) in [4.78, 5) is 25.3. The van der Waals surface area contributed by atoms with Crippen molar-refractivity contribution < 1.29 is 9.53 Å². The molecule has 3 aromatic rings. The van der Waals surface area contributed by atoms with Crippen molar-refractivity contribution >= 4 is 5.91 Å². The summed E-state index contributed by atoms with van der Waals surface area (Å²) in [6.07, 6.45) is 1.64. The molecule has 0 fully saturated rings. The number of nitrogens with one attached hydrogen (secondary N) is 1. The first-order valence-corrected chi connectivity index (χ1v) is 8.54. The number of aromatic nitrogens is 1. The van der Waals surface area contributed by atoms with E-state index in [9.17, 15) is 9.59 Å². The molecule has 0 spiro atoms. The van der Waals surface area contributed by atoms with E-state index >= 15 is 0 Å². The number of hydrogen-bond donors (Lipinski definition) is 2. The third-order valence-corrected chi connectivity index (χ3v) is 4.23. The van der Waals surface area contributed by atoms with Gasteiger partial charge in [0.25, 0.3) is 11.5 Å². The van der Waals surface area contributed by atoms with Crippen LogP contribution in [0, 0.1) is 0 Å². The minimum atomic E-state index is -0.417. The third-order valence-electron chi connectivity index (χ3n) is 4.23. The zero-order valence-corrected chi connectivity index (χ0v) is 15.0. The van der Waals surface area contributed by atoms with Crippen LogP contribution in [0.1, 0.15) is 21.5 Å². The predicted molar refractivity (Wildman–Crippen MR) is 104 cm³/mol. The predicted octanol–water partition coefficient (Wildman–Crippen LogP) is 2.23. The van der Waals surface area contributed by atoms with Crippen molar-refractivity contribution in [3.63, 3.8) is 0 Å². The Hall–Kier alpha value is -3.38. The average Bonchev–Trinajstić information content (AvgIpc) is 2.72. The third kappa shape index (κ3) is 4.24. The van der Waals surface area contributed by atoms with Crippen LogP contribution in [-0.2, 0) is 13.1 Å². The van der Waals surface area contributed by atoms with Crippen LogP contribution in [-0.4, -0.2) is 17.6 Å². The van der Waals surface area contributed by atoms with Crippen LogP contribution in [0.3, 0.4) is 0 Å². The van der Waals surface area contributed by atoms with Gasteiger partial charge in [0.15, 0.2) is 0 Å². The van der Waals surface area contributed by atoms with Gasteiger partial charge in [0.2, 0.25) is 0 Å². The molecular weight excluding hydrogens is 342 g/mol. The van der Waals surface area contributed by atoms with Gasteiger partial charge in [-0.05, 0) is 47.5 Å². The van der Waals surface area contributed by atoms with Crippen LogP contribution in [0.5, 0.6) is 5.75 Å². The van der Waals surface area contributed by atoms with Crippen LogP contribution in [0.25, 0.3) is 5.69 Å². The highest BCUT2D eigenvalue weighted by Gasteiger charge is 2.13. The van der Waals surface area contributed by atoms with Gasteiger partial charge in [-0.3, -0.25) is 14.2 Å². The SMILES string of the molecule is COc1ccc(CNC(=O)c2cccn(-c3cccc(CN)c3)c2=O)cc1. The number of pyridine rings is 1. The molecule has 0 saturated carbocycles. The van der Waals surface area contributed by atoms with E-state index in [4.69, 9.17) is 10.5 Å². The fourth-order valence-electron chi connectivity index (χ4n) is 2.72. The summed E-state index contributed by atoms with van der Waals surface area (Å²) >= 11 is 0. The number of benzene rings is 2. The van der Waals surface area contributed by atoms with Gasteiger partial charge in [-0.1, -0.05) is 24.3 Å². The van der Waals surface area contributed by atoms with Crippen LogP contribution in [0.15, 0.2) is 71.7 Å². The van der Waals surface area contributed by atoms with E-state index in [0.29, 0.717) is 18.8 Å². The van der Waals surface area contributed by atoms with E-state index < -0.39 is 5.91 Å². The Morgan fingerprint density at radius 3 is 2.56 bits per heavy atom. The Labute approximate surface area is 157 Å². The molecule has 1 aromatic heterocycles. The van der Waals surface area contributed by atoms with Crippen molar-refractivity contribution in [2.75, 3.05) is 7.11 Å². The number of rotatable bonds is 6. The number of carbonyl (C=O) groups is 1. The topological polar surface area (TPSA) is 86.3 Å². The maximum atomic E-state index is 12.8. The molecule has 0 aliphatic heterocycles.